The summed E-state index contributed by atoms with van der Waals surface area (Å²) in [5.41, 5.74) is 0.667. The fourth-order valence-electron chi connectivity index (χ4n) is 1.75. The van der Waals surface area contributed by atoms with Gasteiger partial charge in [-0.2, -0.15) is 0 Å². The molecule has 1 rings (SSSR count). The number of non-ortho nitro benzene ring substituents is 1. The molecule has 1 atom stereocenters. The van der Waals surface area contributed by atoms with Crippen LogP contribution in [0.4, 0.5) is 11.4 Å². The van der Waals surface area contributed by atoms with Gasteiger partial charge in [0.25, 0.3) is 5.69 Å². The van der Waals surface area contributed by atoms with Crippen molar-refractivity contribution in [2.24, 2.45) is 5.92 Å². The van der Waals surface area contributed by atoms with Gasteiger partial charge in [0.15, 0.2) is 0 Å². The summed E-state index contributed by atoms with van der Waals surface area (Å²) in [4.78, 5) is 10.5. The van der Waals surface area contributed by atoms with Gasteiger partial charge in [-0.05, 0) is 12.8 Å². The lowest BCUT2D eigenvalue weighted by Gasteiger charge is -2.23. The van der Waals surface area contributed by atoms with Crippen molar-refractivity contribution in [3.05, 3.63) is 28.3 Å². The summed E-state index contributed by atoms with van der Waals surface area (Å²) >= 11 is 0. The number of nitro groups is 1. The van der Waals surface area contributed by atoms with E-state index in [1.807, 2.05) is 6.92 Å². The molecule has 0 saturated carbocycles. The molecule has 0 fully saturated rings. The first-order valence-electron chi connectivity index (χ1n) is 6.65. The summed E-state index contributed by atoms with van der Waals surface area (Å²) in [6.45, 7) is 7.28. The molecule has 0 saturated heterocycles. The predicted octanol–water partition coefficient (Wildman–Crippen LogP) is 3.08. The number of methoxy groups -OCH3 is 1. The summed E-state index contributed by atoms with van der Waals surface area (Å²) in [7, 11) is 1.49. The van der Waals surface area contributed by atoms with Crippen molar-refractivity contribution in [1.82, 2.24) is 0 Å². The topological polar surface area (TPSA) is 73.6 Å². The van der Waals surface area contributed by atoms with Gasteiger partial charge < -0.3 is 14.8 Å². The average molecular weight is 282 g/mol. The molecule has 0 aliphatic carbocycles. The summed E-state index contributed by atoms with van der Waals surface area (Å²) in [6.07, 6.45) is 0. The number of benzene rings is 1. The maximum absolute atomic E-state index is 10.9. The highest BCUT2D eigenvalue weighted by Crippen LogP contribution is 2.27. The second-order valence-electron chi connectivity index (χ2n) is 4.83. The van der Waals surface area contributed by atoms with Gasteiger partial charge in [-0.25, -0.2) is 0 Å². The Bertz CT molecular complexity index is 449. The molecule has 1 N–H and O–H groups in total. The van der Waals surface area contributed by atoms with E-state index >= 15 is 0 Å². The van der Waals surface area contributed by atoms with Gasteiger partial charge >= 0.3 is 0 Å². The van der Waals surface area contributed by atoms with E-state index in [1.165, 1.54) is 19.2 Å². The minimum atomic E-state index is -0.430. The highest BCUT2D eigenvalue weighted by atomic mass is 16.6. The number of nitrogens with one attached hydrogen (secondary N) is 1. The third-order valence-electron chi connectivity index (χ3n) is 3.00. The minimum Gasteiger partial charge on any atom is -0.496 e. The summed E-state index contributed by atoms with van der Waals surface area (Å²) < 4.78 is 10.5. The van der Waals surface area contributed by atoms with E-state index in [-0.39, 0.29) is 11.7 Å². The van der Waals surface area contributed by atoms with Crippen LogP contribution in [0.1, 0.15) is 20.8 Å². The van der Waals surface area contributed by atoms with Crippen molar-refractivity contribution >= 4 is 11.4 Å². The Hall–Kier alpha value is -1.82. The van der Waals surface area contributed by atoms with Crippen LogP contribution in [0.2, 0.25) is 0 Å². The first kappa shape index (κ1) is 16.2. The molecule has 0 bridgehead atoms. The fourth-order valence-corrected chi connectivity index (χ4v) is 1.75. The predicted molar refractivity (Wildman–Crippen MR) is 78.4 cm³/mol. The largest absolute Gasteiger partial charge is 0.496 e. The lowest BCUT2D eigenvalue weighted by Crippen LogP contribution is -2.30. The van der Waals surface area contributed by atoms with Crippen molar-refractivity contribution < 1.29 is 14.4 Å². The van der Waals surface area contributed by atoms with Crippen LogP contribution in [0, 0.1) is 16.0 Å². The van der Waals surface area contributed by atoms with Crippen LogP contribution in [0.3, 0.4) is 0 Å². The van der Waals surface area contributed by atoms with Crippen molar-refractivity contribution in [3.8, 4) is 5.75 Å². The van der Waals surface area contributed by atoms with Crippen molar-refractivity contribution in [2.75, 3.05) is 25.6 Å². The number of ether oxygens (including phenoxy) is 2. The molecule has 0 aliphatic rings. The number of nitrogens with zero attached hydrogens (tertiary/aromatic N) is 1. The Balaban J connectivity index is 2.93. The zero-order chi connectivity index (χ0) is 15.1. The third-order valence-corrected chi connectivity index (χ3v) is 3.00. The van der Waals surface area contributed by atoms with Gasteiger partial charge in [0.1, 0.15) is 5.75 Å². The van der Waals surface area contributed by atoms with Crippen molar-refractivity contribution in [3.63, 3.8) is 0 Å². The molecule has 0 heterocycles. The van der Waals surface area contributed by atoms with E-state index in [0.717, 1.165) is 0 Å². The van der Waals surface area contributed by atoms with E-state index < -0.39 is 4.92 Å². The Labute approximate surface area is 119 Å². The van der Waals surface area contributed by atoms with Crippen LogP contribution >= 0.6 is 0 Å². The van der Waals surface area contributed by atoms with Gasteiger partial charge in [-0.3, -0.25) is 10.1 Å². The normalized spacial score (nSPS) is 12.2. The molecule has 0 spiro atoms. The molecular weight excluding hydrogens is 260 g/mol. The zero-order valence-electron chi connectivity index (χ0n) is 12.4. The molecule has 0 aliphatic heterocycles. The Kier molecular flexibility index (Phi) is 6.24. The SMILES string of the molecule is CCOCC(Nc1cc(OC)cc([N+](=O)[O-])c1)C(C)C. The lowest BCUT2D eigenvalue weighted by molar-refractivity contribution is -0.384. The molecule has 6 nitrogen and oxygen atoms in total. The summed E-state index contributed by atoms with van der Waals surface area (Å²) in [5, 5.41) is 14.2. The maximum Gasteiger partial charge on any atom is 0.275 e. The monoisotopic (exact) mass is 282 g/mol. The van der Waals surface area contributed by atoms with Gasteiger partial charge in [-0.1, -0.05) is 13.8 Å². The molecule has 1 unspecified atom stereocenters. The van der Waals surface area contributed by atoms with Crippen LogP contribution < -0.4 is 10.1 Å². The van der Waals surface area contributed by atoms with E-state index in [1.54, 1.807) is 6.07 Å². The van der Waals surface area contributed by atoms with E-state index in [4.69, 9.17) is 9.47 Å². The lowest BCUT2D eigenvalue weighted by atomic mass is 10.0. The Morgan fingerprint density at radius 2 is 2.05 bits per heavy atom. The second kappa shape index (κ2) is 7.69. The van der Waals surface area contributed by atoms with Crippen LogP contribution in [0.25, 0.3) is 0 Å². The number of hydrogen-bond donors (Lipinski definition) is 1. The third kappa shape index (κ3) is 4.70. The zero-order valence-corrected chi connectivity index (χ0v) is 12.4. The molecule has 1 aromatic rings. The highest BCUT2D eigenvalue weighted by molar-refractivity contribution is 5.56. The summed E-state index contributed by atoms with van der Waals surface area (Å²) in [6, 6.07) is 4.73. The molecule has 1 aromatic carbocycles. The molecule has 0 radical (unpaired) electrons. The smallest absolute Gasteiger partial charge is 0.275 e. The Morgan fingerprint density at radius 1 is 1.35 bits per heavy atom. The molecule has 0 aromatic heterocycles. The first-order chi connectivity index (χ1) is 9.47. The molecule has 112 valence electrons. The number of nitro benzene ring substituents is 1. The Morgan fingerprint density at radius 3 is 2.55 bits per heavy atom. The molecule has 6 heteroatoms. The van der Waals surface area contributed by atoms with Crippen LogP contribution in [-0.4, -0.2) is 31.3 Å². The van der Waals surface area contributed by atoms with Crippen molar-refractivity contribution in [2.45, 2.75) is 26.8 Å². The van der Waals surface area contributed by atoms with Crippen LogP contribution in [0.15, 0.2) is 18.2 Å². The second-order valence-corrected chi connectivity index (χ2v) is 4.83. The van der Waals surface area contributed by atoms with Crippen LogP contribution in [-0.2, 0) is 4.74 Å². The number of rotatable bonds is 8. The molecular formula is C14H22N2O4. The van der Waals surface area contributed by atoms with Gasteiger partial charge in [0, 0.05) is 24.4 Å². The first-order valence-corrected chi connectivity index (χ1v) is 6.65. The van der Waals surface area contributed by atoms with Gasteiger partial charge in [0.2, 0.25) is 0 Å². The van der Waals surface area contributed by atoms with E-state index in [9.17, 15) is 10.1 Å². The van der Waals surface area contributed by atoms with Crippen molar-refractivity contribution in [1.29, 1.82) is 0 Å². The highest BCUT2D eigenvalue weighted by Gasteiger charge is 2.16. The maximum atomic E-state index is 10.9. The molecule has 0 amide bonds. The van der Waals surface area contributed by atoms with Gasteiger partial charge in [-0.15, -0.1) is 0 Å². The minimum absolute atomic E-state index is 0.00534. The standard InChI is InChI=1S/C14H22N2O4/c1-5-20-9-14(10(2)3)15-11-6-12(16(17)18)8-13(7-11)19-4/h6-8,10,14-15H,5,9H2,1-4H3. The fraction of sp³-hybridized carbons (Fsp3) is 0.571. The quantitative estimate of drug-likeness (QED) is 0.586. The summed E-state index contributed by atoms with van der Waals surface area (Å²) in [5.74, 6) is 0.799. The van der Waals surface area contributed by atoms with Gasteiger partial charge in [0.05, 0.1) is 30.7 Å². The molecule has 20 heavy (non-hydrogen) atoms. The number of anilines is 1. The average Bonchev–Trinajstić information content (AvgIpc) is 2.42. The number of hydrogen-bond acceptors (Lipinski definition) is 5. The van der Waals surface area contributed by atoms with E-state index in [2.05, 4.69) is 19.2 Å². The van der Waals surface area contributed by atoms with E-state index in [0.29, 0.717) is 30.6 Å². The van der Waals surface area contributed by atoms with Crippen LogP contribution in [0.5, 0.6) is 5.75 Å².